The SMILES string of the molecule is COCCNCCNC(=O)C(C1CC1)C1CC1.Cl. The highest BCUT2D eigenvalue weighted by Crippen LogP contribution is 2.49. The topological polar surface area (TPSA) is 50.4 Å². The highest BCUT2D eigenvalue weighted by molar-refractivity contribution is 5.85. The highest BCUT2D eigenvalue weighted by Gasteiger charge is 2.45. The third-order valence-electron chi connectivity index (χ3n) is 3.65. The van der Waals surface area contributed by atoms with Crippen molar-refractivity contribution in [2.45, 2.75) is 25.7 Å². The van der Waals surface area contributed by atoms with E-state index >= 15 is 0 Å². The van der Waals surface area contributed by atoms with Gasteiger partial charge in [-0.15, -0.1) is 12.4 Å². The summed E-state index contributed by atoms with van der Waals surface area (Å²) in [7, 11) is 1.69. The summed E-state index contributed by atoms with van der Waals surface area (Å²) in [5.41, 5.74) is 0. The number of amides is 1. The van der Waals surface area contributed by atoms with E-state index in [1.54, 1.807) is 7.11 Å². The normalized spacial score (nSPS) is 18.6. The summed E-state index contributed by atoms with van der Waals surface area (Å²) < 4.78 is 4.94. The average Bonchev–Trinajstić information content (AvgIpc) is 3.16. The largest absolute Gasteiger partial charge is 0.383 e. The number of methoxy groups -OCH3 is 1. The lowest BCUT2D eigenvalue weighted by Gasteiger charge is -2.15. The lowest BCUT2D eigenvalue weighted by atomic mass is 9.97. The van der Waals surface area contributed by atoms with E-state index in [1.165, 1.54) is 25.7 Å². The van der Waals surface area contributed by atoms with Crippen molar-refractivity contribution in [1.82, 2.24) is 10.6 Å². The van der Waals surface area contributed by atoms with Crippen LogP contribution >= 0.6 is 12.4 Å². The summed E-state index contributed by atoms with van der Waals surface area (Å²) >= 11 is 0. The molecule has 18 heavy (non-hydrogen) atoms. The molecule has 0 heterocycles. The Morgan fingerprint density at radius 1 is 1.17 bits per heavy atom. The molecule has 1 amide bonds. The number of nitrogens with one attached hydrogen (secondary N) is 2. The van der Waals surface area contributed by atoms with E-state index in [1.807, 2.05) is 0 Å². The zero-order valence-corrected chi connectivity index (χ0v) is 11.9. The molecule has 2 fully saturated rings. The van der Waals surface area contributed by atoms with E-state index in [0.29, 0.717) is 23.7 Å². The van der Waals surface area contributed by atoms with E-state index in [2.05, 4.69) is 10.6 Å². The number of rotatable bonds is 9. The highest BCUT2D eigenvalue weighted by atomic mass is 35.5. The Kier molecular flexibility index (Phi) is 6.97. The molecule has 0 spiro atoms. The third-order valence-corrected chi connectivity index (χ3v) is 3.65. The second-order valence-electron chi connectivity index (χ2n) is 5.23. The summed E-state index contributed by atoms with van der Waals surface area (Å²) in [5.74, 6) is 2.02. The van der Waals surface area contributed by atoms with Gasteiger partial charge in [-0.05, 0) is 37.5 Å². The third kappa shape index (κ3) is 5.12. The van der Waals surface area contributed by atoms with Crippen LogP contribution in [0.4, 0.5) is 0 Å². The van der Waals surface area contributed by atoms with Crippen LogP contribution in [-0.2, 0) is 9.53 Å². The number of hydrogen-bond donors (Lipinski definition) is 2. The lowest BCUT2D eigenvalue weighted by Crippen LogP contribution is -2.38. The monoisotopic (exact) mass is 276 g/mol. The van der Waals surface area contributed by atoms with Crippen LogP contribution in [0, 0.1) is 17.8 Å². The molecular formula is C13H25ClN2O2. The first kappa shape index (κ1) is 15.7. The second-order valence-corrected chi connectivity index (χ2v) is 5.23. The van der Waals surface area contributed by atoms with Crippen molar-refractivity contribution in [3.63, 3.8) is 0 Å². The summed E-state index contributed by atoms with van der Waals surface area (Å²) in [5, 5.41) is 6.29. The van der Waals surface area contributed by atoms with E-state index in [4.69, 9.17) is 4.74 Å². The van der Waals surface area contributed by atoms with Crippen molar-refractivity contribution in [3.8, 4) is 0 Å². The maximum absolute atomic E-state index is 12.0. The molecule has 0 atom stereocenters. The fraction of sp³-hybridized carbons (Fsp3) is 0.923. The van der Waals surface area contributed by atoms with Crippen LogP contribution in [0.5, 0.6) is 0 Å². The van der Waals surface area contributed by atoms with Crippen molar-refractivity contribution in [2.75, 3.05) is 33.4 Å². The van der Waals surface area contributed by atoms with Crippen molar-refractivity contribution >= 4 is 18.3 Å². The average molecular weight is 277 g/mol. The summed E-state index contributed by atoms with van der Waals surface area (Å²) in [6.07, 6.45) is 5.06. The maximum Gasteiger partial charge on any atom is 0.223 e. The molecule has 0 aromatic carbocycles. The Morgan fingerprint density at radius 3 is 2.28 bits per heavy atom. The van der Waals surface area contributed by atoms with Gasteiger partial charge in [0.05, 0.1) is 6.61 Å². The van der Waals surface area contributed by atoms with Crippen LogP contribution in [0.2, 0.25) is 0 Å². The van der Waals surface area contributed by atoms with Gasteiger partial charge in [-0.1, -0.05) is 0 Å². The zero-order valence-electron chi connectivity index (χ0n) is 11.1. The predicted octanol–water partition coefficient (Wildman–Crippen LogP) is 1.20. The van der Waals surface area contributed by atoms with Crippen molar-refractivity contribution < 1.29 is 9.53 Å². The molecule has 0 aliphatic heterocycles. The quantitative estimate of drug-likeness (QED) is 0.622. The van der Waals surface area contributed by atoms with E-state index in [9.17, 15) is 4.79 Å². The molecule has 0 radical (unpaired) electrons. The number of halogens is 1. The fourth-order valence-electron chi connectivity index (χ4n) is 2.41. The van der Waals surface area contributed by atoms with Gasteiger partial charge in [0.1, 0.15) is 0 Å². The first-order chi connectivity index (χ1) is 8.33. The molecule has 2 aliphatic rings. The smallest absolute Gasteiger partial charge is 0.223 e. The number of carbonyl (C=O) groups excluding carboxylic acids is 1. The van der Waals surface area contributed by atoms with Crippen molar-refractivity contribution in [2.24, 2.45) is 17.8 Å². The molecular weight excluding hydrogens is 252 g/mol. The van der Waals surface area contributed by atoms with E-state index in [0.717, 1.165) is 26.2 Å². The molecule has 2 saturated carbocycles. The Hall–Kier alpha value is -0.320. The minimum Gasteiger partial charge on any atom is -0.383 e. The summed E-state index contributed by atoms with van der Waals surface area (Å²) in [6, 6.07) is 0. The van der Waals surface area contributed by atoms with Gasteiger partial charge in [-0.3, -0.25) is 4.79 Å². The van der Waals surface area contributed by atoms with Crippen LogP contribution in [0.15, 0.2) is 0 Å². The maximum atomic E-state index is 12.0. The molecule has 0 saturated heterocycles. The van der Waals surface area contributed by atoms with Crippen molar-refractivity contribution in [1.29, 1.82) is 0 Å². The molecule has 0 aromatic rings. The molecule has 2 aliphatic carbocycles. The number of hydrogen-bond acceptors (Lipinski definition) is 3. The molecule has 0 unspecified atom stereocenters. The zero-order chi connectivity index (χ0) is 12.1. The Labute approximate surface area is 116 Å². The number of carbonyl (C=O) groups is 1. The van der Waals surface area contributed by atoms with Crippen LogP contribution in [0.25, 0.3) is 0 Å². The Morgan fingerprint density at radius 2 is 1.78 bits per heavy atom. The van der Waals surface area contributed by atoms with Gasteiger partial charge in [0, 0.05) is 32.7 Å². The molecule has 106 valence electrons. The first-order valence-corrected chi connectivity index (χ1v) is 6.80. The molecule has 2 rings (SSSR count). The van der Waals surface area contributed by atoms with Crippen LogP contribution < -0.4 is 10.6 Å². The fourth-order valence-corrected chi connectivity index (χ4v) is 2.41. The van der Waals surface area contributed by atoms with Gasteiger partial charge in [-0.25, -0.2) is 0 Å². The molecule has 2 N–H and O–H groups in total. The van der Waals surface area contributed by atoms with Gasteiger partial charge in [0.2, 0.25) is 5.91 Å². The minimum atomic E-state index is 0. The van der Waals surface area contributed by atoms with Gasteiger partial charge in [0.15, 0.2) is 0 Å². The van der Waals surface area contributed by atoms with Crippen LogP contribution in [-0.4, -0.2) is 39.3 Å². The Bertz CT molecular complexity index is 243. The summed E-state index contributed by atoms with van der Waals surface area (Å²) in [6.45, 7) is 3.14. The standard InChI is InChI=1S/C13H24N2O2.ClH/c1-17-9-8-14-6-7-15-13(16)12(10-2-3-10)11-4-5-11;/h10-12,14H,2-9H2,1H3,(H,15,16);1H. The van der Waals surface area contributed by atoms with Gasteiger partial charge >= 0.3 is 0 Å². The molecule has 5 heteroatoms. The lowest BCUT2D eigenvalue weighted by molar-refractivity contribution is -0.126. The van der Waals surface area contributed by atoms with Gasteiger partial charge in [0.25, 0.3) is 0 Å². The van der Waals surface area contributed by atoms with E-state index in [-0.39, 0.29) is 12.4 Å². The molecule has 0 aromatic heterocycles. The minimum absolute atomic E-state index is 0. The van der Waals surface area contributed by atoms with Crippen molar-refractivity contribution in [3.05, 3.63) is 0 Å². The Balaban J connectivity index is 0.00000162. The molecule has 4 nitrogen and oxygen atoms in total. The van der Waals surface area contributed by atoms with Crippen LogP contribution in [0.3, 0.4) is 0 Å². The van der Waals surface area contributed by atoms with E-state index < -0.39 is 0 Å². The summed E-state index contributed by atoms with van der Waals surface area (Å²) in [4.78, 5) is 12.0. The van der Waals surface area contributed by atoms with Gasteiger partial charge in [-0.2, -0.15) is 0 Å². The molecule has 0 bridgehead atoms. The second kappa shape index (κ2) is 7.97. The first-order valence-electron chi connectivity index (χ1n) is 6.80. The number of ether oxygens (including phenoxy) is 1. The van der Waals surface area contributed by atoms with Crippen LogP contribution in [0.1, 0.15) is 25.7 Å². The predicted molar refractivity (Wildman–Crippen MR) is 73.9 cm³/mol. The van der Waals surface area contributed by atoms with Gasteiger partial charge < -0.3 is 15.4 Å².